The van der Waals surface area contributed by atoms with E-state index in [1.165, 1.54) is 5.56 Å². The van der Waals surface area contributed by atoms with Gasteiger partial charge in [0.05, 0.1) is 16.1 Å². The molecule has 2 rings (SSSR count). The summed E-state index contributed by atoms with van der Waals surface area (Å²) in [4.78, 5) is 4.28. The Hall–Kier alpha value is -0.730. The fraction of sp³-hybridized carbons (Fsp3) is 0.462. The lowest BCUT2D eigenvalue weighted by atomic mass is 9.90. The van der Waals surface area contributed by atoms with Gasteiger partial charge in [0.2, 0.25) is 0 Å². The van der Waals surface area contributed by atoms with Crippen molar-refractivity contribution in [2.45, 2.75) is 31.7 Å². The maximum Gasteiger partial charge on any atom is 0.169 e. The van der Waals surface area contributed by atoms with Gasteiger partial charge in [-0.3, -0.25) is 4.99 Å². The van der Waals surface area contributed by atoms with E-state index in [1.807, 2.05) is 18.2 Å². The Morgan fingerprint density at radius 1 is 1.41 bits per heavy atom. The van der Waals surface area contributed by atoms with Crippen molar-refractivity contribution in [1.29, 1.82) is 0 Å². The number of aliphatic imine (C=N–C) groups is 1. The molecule has 0 saturated heterocycles. The third-order valence-electron chi connectivity index (χ3n) is 3.10. The van der Waals surface area contributed by atoms with Crippen LogP contribution in [0.2, 0.25) is 10.0 Å². The molecule has 0 saturated carbocycles. The van der Waals surface area contributed by atoms with Gasteiger partial charge in [-0.05, 0) is 36.5 Å². The van der Waals surface area contributed by atoms with Crippen LogP contribution in [-0.4, -0.2) is 19.0 Å². The first-order valence-electron chi connectivity index (χ1n) is 5.79. The van der Waals surface area contributed by atoms with E-state index in [9.17, 15) is 0 Å². The number of hydrogen-bond acceptors (Lipinski definition) is 2. The Balaban J connectivity index is 2.10. The van der Waals surface area contributed by atoms with Crippen LogP contribution in [0.5, 0.6) is 0 Å². The molecule has 0 aliphatic carbocycles. The molecule has 2 unspecified atom stereocenters. The molecule has 0 radical (unpaired) electrons. The van der Waals surface area contributed by atoms with Crippen LogP contribution < -0.4 is 0 Å². The topological polar surface area (TPSA) is 21.6 Å². The molecule has 4 heteroatoms. The summed E-state index contributed by atoms with van der Waals surface area (Å²) in [5.74, 6) is 0.452. The number of benzene rings is 1. The monoisotopic (exact) mass is 271 g/mol. The molecule has 1 aliphatic rings. The van der Waals surface area contributed by atoms with Gasteiger partial charge in [-0.25, -0.2) is 0 Å². The van der Waals surface area contributed by atoms with Crippen molar-refractivity contribution in [2.24, 2.45) is 4.99 Å². The number of halogens is 2. The van der Waals surface area contributed by atoms with E-state index in [-0.39, 0.29) is 6.04 Å². The minimum Gasteiger partial charge on any atom is -0.481 e. The van der Waals surface area contributed by atoms with Gasteiger partial charge in [0, 0.05) is 0 Å². The number of rotatable bonds is 4. The van der Waals surface area contributed by atoms with Crippen molar-refractivity contribution in [3.8, 4) is 0 Å². The van der Waals surface area contributed by atoms with Gasteiger partial charge in [-0.2, -0.15) is 0 Å². The number of nitrogens with zero attached hydrogens (tertiary/aromatic N) is 1. The second-order valence-corrected chi connectivity index (χ2v) is 5.07. The van der Waals surface area contributed by atoms with Crippen LogP contribution in [0.15, 0.2) is 23.2 Å². The van der Waals surface area contributed by atoms with Crippen LogP contribution in [0, 0.1) is 0 Å². The maximum absolute atomic E-state index is 6.05. The van der Waals surface area contributed by atoms with Gasteiger partial charge >= 0.3 is 0 Å². The lowest BCUT2D eigenvalue weighted by molar-refractivity contribution is 0.314. The SMILES string of the molecule is CCC(CC1COC=N1)c1ccc(Cl)c(Cl)c1. The van der Waals surface area contributed by atoms with E-state index in [1.54, 1.807) is 6.40 Å². The van der Waals surface area contributed by atoms with E-state index in [4.69, 9.17) is 27.9 Å². The molecule has 0 spiro atoms. The van der Waals surface area contributed by atoms with E-state index in [0.717, 1.165) is 12.8 Å². The van der Waals surface area contributed by atoms with Crippen molar-refractivity contribution in [2.75, 3.05) is 6.61 Å². The fourth-order valence-electron chi connectivity index (χ4n) is 2.09. The minimum atomic E-state index is 0.273. The number of hydrogen-bond donors (Lipinski definition) is 0. The third kappa shape index (κ3) is 3.14. The molecular formula is C13H15Cl2NO. The maximum atomic E-state index is 6.05. The molecule has 1 aromatic carbocycles. The summed E-state index contributed by atoms with van der Waals surface area (Å²) in [7, 11) is 0. The Kier molecular flexibility index (Phi) is 4.30. The molecule has 2 atom stereocenters. The quantitative estimate of drug-likeness (QED) is 0.800. The van der Waals surface area contributed by atoms with Crippen LogP contribution >= 0.6 is 23.2 Å². The first-order valence-corrected chi connectivity index (χ1v) is 6.54. The highest BCUT2D eigenvalue weighted by Crippen LogP contribution is 2.31. The van der Waals surface area contributed by atoms with Gasteiger partial charge in [0.15, 0.2) is 6.40 Å². The summed E-state index contributed by atoms with van der Waals surface area (Å²) >= 11 is 12.0. The van der Waals surface area contributed by atoms with Gasteiger partial charge in [0.25, 0.3) is 0 Å². The minimum absolute atomic E-state index is 0.273. The normalized spacial score (nSPS) is 20.3. The largest absolute Gasteiger partial charge is 0.481 e. The zero-order valence-electron chi connectivity index (χ0n) is 9.70. The summed E-state index contributed by atoms with van der Waals surface area (Å²) in [5, 5.41) is 1.22. The first kappa shape index (κ1) is 12.7. The zero-order valence-corrected chi connectivity index (χ0v) is 11.2. The van der Waals surface area contributed by atoms with E-state index >= 15 is 0 Å². The highest BCUT2D eigenvalue weighted by Gasteiger charge is 2.19. The second-order valence-electron chi connectivity index (χ2n) is 4.26. The standard InChI is InChI=1S/C13H15Cl2NO/c1-2-9(5-11-7-17-8-16-11)10-3-4-12(14)13(15)6-10/h3-4,6,8-9,11H,2,5,7H2,1H3. The summed E-state index contributed by atoms with van der Waals surface area (Å²) in [6.07, 6.45) is 3.60. The second kappa shape index (κ2) is 5.74. The lowest BCUT2D eigenvalue weighted by Crippen LogP contribution is -2.12. The molecule has 0 aromatic heterocycles. The molecule has 0 amide bonds. The first-order chi connectivity index (χ1) is 8.20. The predicted octanol–water partition coefficient (Wildman–Crippen LogP) is 4.30. The predicted molar refractivity (Wildman–Crippen MR) is 72.3 cm³/mol. The molecular weight excluding hydrogens is 257 g/mol. The van der Waals surface area contributed by atoms with Crippen LogP contribution in [0.3, 0.4) is 0 Å². The molecule has 0 N–H and O–H groups in total. The molecule has 1 aromatic rings. The smallest absolute Gasteiger partial charge is 0.169 e. The van der Waals surface area contributed by atoms with Gasteiger partial charge in [0.1, 0.15) is 6.61 Å². The van der Waals surface area contributed by atoms with Crippen LogP contribution in [0.25, 0.3) is 0 Å². The van der Waals surface area contributed by atoms with Crippen LogP contribution in [0.1, 0.15) is 31.2 Å². The number of ether oxygens (including phenoxy) is 1. The average Bonchev–Trinajstić information content (AvgIpc) is 2.82. The van der Waals surface area contributed by atoms with Crippen molar-refractivity contribution in [3.63, 3.8) is 0 Å². The van der Waals surface area contributed by atoms with Crippen LogP contribution in [-0.2, 0) is 4.74 Å². The molecule has 92 valence electrons. The lowest BCUT2D eigenvalue weighted by Gasteiger charge is -2.18. The Bertz CT molecular complexity index is 420. The third-order valence-corrected chi connectivity index (χ3v) is 3.84. The average molecular weight is 272 g/mol. The molecule has 2 nitrogen and oxygen atoms in total. The molecule has 0 bridgehead atoms. The summed E-state index contributed by atoms with van der Waals surface area (Å²) in [6, 6.07) is 6.13. The molecule has 1 aliphatic heterocycles. The fourth-order valence-corrected chi connectivity index (χ4v) is 2.39. The molecule has 1 heterocycles. The highest BCUT2D eigenvalue weighted by atomic mass is 35.5. The van der Waals surface area contributed by atoms with Crippen molar-refractivity contribution in [3.05, 3.63) is 33.8 Å². The highest BCUT2D eigenvalue weighted by molar-refractivity contribution is 6.42. The summed E-state index contributed by atoms with van der Waals surface area (Å²) in [5.41, 5.74) is 1.23. The van der Waals surface area contributed by atoms with Crippen LogP contribution in [0.4, 0.5) is 0 Å². The Labute approximate surface area is 112 Å². The Morgan fingerprint density at radius 3 is 2.82 bits per heavy atom. The van der Waals surface area contributed by atoms with Crippen molar-refractivity contribution < 1.29 is 4.74 Å². The van der Waals surface area contributed by atoms with E-state index in [0.29, 0.717) is 22.6 Å². The molecule has 0 fully saturated rings. The summed E-state index contributed by atoms with van der Waals surface area (Å²) < 4.78 is 5.14. The summed E-state index contributed by atoms with van der Waals surface area (Å²) in [6.45, 7) is 2.87. The zero-order chi connectivity index (χ0) is 12.3. The van der Waals surface area contributed by atoms with Gasteiger partial charge in [-0.15, -0.1) is 0 Å². The molecule has 17 heavy (non-hydrogen) atoms. The van der Waals surface area contributed by atoms with Gasteiger partial charge < -0.3 is 4.74 Å². The Morgan fingerprint density at radius 2 is 2.24 bits per heavy atom. The van der Waals surface area contributed by atoms with Crippen molar-refractivity contribution in [1.82, 2.24) is 0 Å². The van der Waals surface area contributed by atoms with Gasteiger partial charge in [-0.1, -0.05) is 36.2 Å². The van der Waals surface area contributed by atoms with E-state index < -0.39 is 0 Å². The van der Waals surface area contributed by atoms with Crippen molar-refractivity contribution >= 4 is 29.6 Å². The van der Waals surface area contributed by atoms with E-state index in [2.05, 4.69) is 11.9 Å².